The van der Waals surface area contributed by atoms with Crippen molar-refractivity contribution in [1.29, 1.82) is 0 Å². The molecule has 0 aromatic heterocycles. The number of sulfonamides is 1. The third-order valence-corrected chi connectivity index (χ3v) is 5.58. The lowest BCUT2D eigenvalue weighted by Gasteiger charge is -2.15. The van der Waals surface area contributed by atoms with Gasteiger partial charge in [0.05, 0.1) is 10.6 Å². The Kier molecular flexibility index (Phi) is 3.84. The first-order valence-electron chi connectivity index (χ1n) is 7.76. The molecule has 1 atom stereocenters. The molecule has 2 aromatic rings. The van der Waals surface area contributed by atoms with Crippen LogP contribution in [0.2, 0.25) is 0 Å². The molecule has 0 unspecified atom stereocenters. The Morgan fingerprint density at radius 1 is 1.09 bits per heavy atom. The molecule has 0 amide bonds. The van der Waals surface area contributed by atoms with Gasteiger partial charge in [0.15, 0.2) is 0 Å². The quantitative estimate of drug-likeness (QED) is 0.900. The van der Waals surface area contributed by atoms with Gasteiger partial charge in [0.2, 0.25) is 0 Å². The lowest BCUT2D eigenvalue weighted by molar-refractivity contribution is 0.601. The maximum absolute atomic E-state index is 12.7. The minimum absolute atomic E-state index is 0.312. The summed E-state index contributed by atoms with van der Waals surface area (Å²) >= 11 is 0. The van der Waals surface area contributed by atoms with Crippen LogP contribution >= 0.6 is 0 Å². The van der Waals surface area contributed by atoms with E-state index in [2.05, 4.69) is 17.0 Å². The summed E-state index contributed by atoms with van der Waals surface area (Å²) in [5, 5.41) is 3.33. The van der Waals surface area contributed by atoms with Crippen LogP contribution in [0.5, 0.6) is 0 Å². The molecule has 0 spiro atoms. The fraction of sp³-hybridized carbons (Fsp3) is 0.333. The minimum Gasteiger partial charge on any atom is -0.382 e. The van der Waals surface area contributed by atoms with Gasteiger partial charge >= 0.3 is 0 Å². The summed E-state index contributed by atoms with van der Waals surface area (Å²) in [6.45, 7) is 7.94. The zero-order valence-electron chi connectivity index (χ0n) is 13.9. The van der Waals surface area contributed by atoms with Crippen LogP contribution in [0.4, 0.5) is 11.4 Å². The first kappa shape index (κ1) is 15.9. The molecule has 0 saturated carbocycles. The third kappa shape index (κ3) is 3.06. The number of hydrogen-bond acceptors (Lipinski definition) is 3. The first-order valence-corrected chi connectivity index (χ1v) is 9.25. The molecule has 1 aliphatic heterocycles. The molecule has 1 heterocycles. The topological polar surface area (TPSA) is 58.2 Å². The predicted molar refractivity (Wildman–Crippen MR) is 94.7 cm³/mol. The zero-order valence-corrected chi connectivity index (χ0v) is 14.7. The fourth-order valence-corrected chi connectivity index (χ4v) is 4.48. The Morgan fingerprint density at radius 3 is 2.39 bits per heavy atom. The molecule has 0 fully saturated rings. The lowest BCUT2D eigenvalue weighted by atomic mass is 10.1. The van der Waals surface area contributed by atoms with Crippen LogP contribution in [0.3, 0.4) is 0 Å². The summed E-state index contributed by atoms with van der Waals surface area (Å²) in [6, 6.07) is 9.59. The smallest absolute Gasteiger partial charge is 0.261 e. The second-order valence-electron chi connectivity index (χ2n) is 6.45. The highest BCUT2D eigenvalue weighted by Gasteiger charge is 2.22. The number of anilines is 2. The number of hydrogen-bond donors (Lipinski definition) is 2. The van der Waals surface area contributed by atoms with Gasteiger partial charge in [-0.25, -0.2) is 8.42 Å². The Bertz CT molecular complexity index is 850. The average Bonchev–Trinajstić information content (AvgIpc) is 2.82. The van der Waals surface area contributed by atoms with Crippen molar-refractivity contribution in [3.8, 4) is 0 Å². The van der Waals surface area contributed by atoms with E-state index in [1.165, 1.54) is 0 Å². The Morgan fingerprint density at radius 2 is 1.74 bits per heavy atom. The normalized spacial score (nSPS) is 16.8. The zero-order chi connectivity index (χ0) is 16.8. The molecule has 0 bridgehead atoms. The van der Waals surface area contributed by atoms with Crippen molar-refractivity contribution in [3.05, 3.63) is 52.6 Å². The molecule has 122 valence electrons. The van der Waals surface area contributed by atoms with Crippen molar-refractivity contribution in [2.45, 2.75) is 45.1 Å². The van der Waals surface area contributed by atoms with E-state index in [-0.39, 0.29) is 0 Å². The molecule has 1 aliphatic rings. The van der Waals surface area contributed by atoms with Crippen molar-refractivity contribution in [2.24, 2.45) is 0 Å². The van der Waals surface area contributed by atoms with E-state index >= 15 is 0 Å². The number of aryl methyl sites for hydroxylation is 3. The van der Waals surface area contributed by atoms with Crippen molar-refractivity contribution in [3.63, 3.8) is 0 Å². The highest BCUT2D eigenvalue weighted by atomic mass is 32.2. The highest BCUT2D eigenvalue weighted by molar-refractivity contribution is 7.92. The van der Waals surface area contributed by atoms with Crippen LogP contribution in [-0.4, -0.2) is 14.5 Å². The Balaban J connectivity index is 1.96. The van der Waals surface area contributed by atoms with Gasteiger partial charge in [0, 0.05) is 11.7 Å². The molecule has 0 saturated heterocycles. The highest BCUT2D eigenvalue weighted by Crippen LogP contribution is 2.30. The summed E-state index contributed by atoms with van der Waals surface area (Å²) in [6.07, 6.45) is 0.848. The van der Waals surface area contributed by atoms with E-state index in [0.29, 0.717) is 16.6 Å². The standard InChI is InChI=1S/C18H22N2O2S/c1-11-7-12(2)18(13(3)8-11)20-23(21,22)16-5-6-17-15(10-16)9-14(4)19-17/h5-8,10,14,19-20H,9H2,1-4H3/t14-/m0/s1. The fourth-order valence-electron chi connectivity index (χ4n) is 3.23. The maximum Gasteiger partial charge on any atom is 0.261 e. The predicted octanol–water partition coefficient (Wildman–Crippen LogP) is 3.77. The van der Waals surface area contributed by atoms with Crippen molar-refractivity contribution in [2.75, 3.05) is 10.0 Å². The molecule has 5 heteroatoms. The summed E-state index contributed by atoms with van der Waals surface area (Å²) in [5.41, 5.74) is 5.74. The second kappa shape index (κ2) is 5.57. The van der Waals surface area contributed by atoms with E-state index < -0.39 is 10.0 Å². The van der Waals surface area contributed by atoms with Gasteiger partial charge in [0.25, 0.3) is 10.0 Å². The van der Waals surface area contributed by atoms with E-state index in [1.807, 2.05) is 39.0 Å². The first-order chi connectivity index (χ1) is 10.8. The van der Waals surface area contributed by atoms with Crippen molar-refractivity contribution in [1.82, 2.24) is 0 Å². The lowest BCUT2D eigenvalue weighted by Crippen LogP contribution is -2.15. The Labute approximate surface area is 138 Å². The molecular formula is C18H22N2O2S. The maximum atomic E-state index is 12.7. The van der Waals surface area contributed by atoms with Gasteiger partial charge in [0.1, 0.15) is 0 Å². The van der Waals surface area contributed by atoms with Crippen LogP contribution in [0.25, 0.3) is 0 Å². The van der Waals surface area contributed by atoms with E-state index in [9.17, 15) is 8.42 Å². The largest absolute Gasteiger partial charge is 0.382 e. The molecular weight excluding hydrogens is 308 g/mol. The van der Waals surface area contributed by atoms with Crippen LogP contribution in [0.15, 0.2) is 35.2 Å². The van der Waals surface area contributed by atoms with Gasteiger partial charge in [-0.15, -0.1) is 0 Å². The summed E-state index contributed by atoms with van der Waals surface area (Å²) < 4.78 is 28.2. The van der Waals surface area contributed by atoms with E-state index in [0.717, 1.165) is 34.4 Å². The van der Waals surface area contributed by atoms with Gasteiger partial charge in [-0.2, -0.15) is 0 Å². The Hall–Kier alpha value is -2.01. The van der Waals surface area contributed by atoms with Crippen LogP contribution in [-0.2, 0) is 16.4 Å². The van der Waals surface area contributed by atoms with Gasteiger partial charge in [-0.3, -0.25) is 4.72 Å². The van der Waals surface area contributed by atoms with E-state index in [4.69, 9.17) is 0 Å². The second-order valence-corrected chi connectivity index (χ2v) is 8.13. The molecule has 3 rings (SSSR count). The number of fused-ring (bicyclic) bond motifs is 1. The average molecular weight is 330 g/mol. The molecule has 4 nitrogen and oxygen atoms in total. The van der Waals surface area contributed by atoms with Gasteiger partial charge in [-0.1, -0.05) is 17.7 Å². The van der Waals surface area contributed by atoms with E-state index in [1.54, 1.807) is 12.1 Å². The molecule has 0 aliphatic carbocycles. The summed E-state index contributed by atoms with van der Waals surface area (Å²) in [5.74, 6) is 0. The molecule has 23 heavy (non-hydrogen) atoms. The number of nitrogens with one attached hydrogen (secondary N) is 2. The van der Waals surface area contributed by atoms with Crippen LogP contribution in [0, 0.1) is 20.8 Å². The van der Waals surface area contributed by atoms with Gasteiger partial charge < -0.3 is 5.32 Å². The van der Waals surface area contributed by atoms with Gasteiger partial charge in [-0.05, 0) is 69.0 Å². The number of rotatable bonds is 3. The molecule has 2 aromatic carbocycles. The SMILES string of the molecule is Cc1cc(C)c(NS(=O)(=O)c2ccc3c(c2)C[C@H](C)N3)c(C)c1. The molecule has 0 radical (unpaired) electrons. The van der Waals surface area contributed by atoms with Crippen LogP contribution in [0.1, 0.15) is 29.2 Å². The number of benzene rings is 2. The van der Waals surface area contributed by atoms with Crippen LogP contribution < -0.4 is 10.0 Å². The summed E-state index contributed by atoms with van der Waals surface area (Å²) in [4.78, 5) is 0.312. The molecule has 2 N–H and O–H groups in total. The minimum atomic E-state index is -3.59. The van der Waals surface area contributed by atoms with Crippen molar-refractivity contribution < 1.29 is 8.42 Å². The third-order valence-electron chi connectivity index (χ3n) is 4.23. The summed E-state index contributed by atoms with van der Waals surface area (Å²) in [7, 11) is -3.59. The van der Waals surface area contributed by atoms with Crippen molar-refractivity contribution >= 4 is 21.4 Å². The monoisotopic (exact) mass is 330 g/mol.